The minimum Gasteiger partial charge on any atom is -0.484 e. The molecule has 27 heavy (non-hydrogen) atoms. The fourth-order valence-electron chi connectivity index (χ4n) is 3.35. The molecule has 0 spiro atoms. The number of rotatable bonds is 6. The second kappa shape index (κ2) is 8.82. The van der Waals surface area contributed by atoms with E-state index in [1.54, 1.807) is 24.3 Å². The van der Waals surface area contributed by atoms with Gasteiger partial charge in [0.2, 0.25) is 0 Å². The van der Waals surface area contributed by atoms with E-state index in [9.17, 15) is 9.59 Å². The summed E-state index contributed by atoms with van der Waals surface area (Å²) in [5.41, 5.74) is 1.80. The highest BCUT2D eigenvalue weighted by molar-refractivity contribution is 5.95. The number of amides is 1. The van der Waals surface area contributed by atoms with E-state index in [0.29, 0.717) is 24.3 Å². The largest absolute Gasteiger partial charge is 0.484 e. The van der Waals surface area contributed by atoms with Crippen LogP contribution in [0.3, 0.4) is 0 Å². The SMILES string of the molecule is CCC(=O)c1ccc(OCC(=O)N2CCN(C)C[C@@H]2c2ccccc2)cc1. The van der Waals surface area contributed by atoms with Crippen LogP contribution in [0.1, 0.15) is 35.3 Å². The molecule has 1 aliphatic rings. The van der Waals surface area contributed by atoms with Gasteiger partial charge in [0.25, 0.3) is 5.91 Å². The number of benzene rings is 2. The monoisotopic (exact) mass is 366 g/mol. The predicted octanol–water partition coefficient (Wildman–Crippen LogP) is 3.17. The molecule has 2 aromatic carbocycles. The molecular weight excluding hydrogens is 340 g/mol. The Hall–Kier alpha value is -2.66. The Bertz CT molecular complexity index is 774. The van der Waals surface area contributed by atoms with Gasteiger partial charge in [0.1, 0.15) is 5.75 Å². The van der Waals surface area contributed by atoms with Crippen LogP contribution in [0.2, 0.25) is 0 Å². The number of likely N-dealkylation sites (N-methyl/N-ethyl adjacent to an activating group) is 1. The molecule has 0 saturated carbocycles. The van der Waals surface area contributed by atoms with Gasteiger partial charge in [-0.25, -0.2) is 0 Å². The van der Waals surface area contributed by atoms with E-state index in [1.807, 2.05) is 30.0 Å². The van der Waals surface area contributed by atoms with E-state index in [1.165, 1.54) is 0 Å². The van der Waals surface area contributed by atoms with Crippen LogP contribution in [-0.2, 0) is 4.79 Å². The molecule has 5 heteroatoms. The van der Waals surface area contributed by atoms with Crippen LogP contribution in [0.25, 0.3) is 0 Å². The topological polar surface area (TPSA) is 49.9 Å². The first-order valence-electron chi connectivity index (χ1n) is 9.37. The number of piperazine rings is 1. The van der Waals surface area contributed by atoms with Gasteiger partial charge >= 0.3 is 0 Å². The molecule has 1 aliphatic heterocycles. The third-order valence-electron chi connectivity index (χ3n) is 4.95. The number of hydrogen-bond donors (Lipinski definition) is 0. The van der Waals surface area contributed by atoms with E-state index in [0.717, 1.165) is 18.7 Å². The quantitative estimate of drug-likeness (QED) is 0.737. The summed E-state index contributed by atoms with van der Waals surface area (Å²) in [4.78, 5) is 28.6. The molecule has 5 nitrogen and oxygen atoms in total. The van der Waals surface area contributed by atoms with Crippen molar-refractivity contribution in [3.05, 3.63) is 65.7 Å². The Morgan fingerprint density at radius 1 is 1.04 bits per heavy atom. The molecule has 0 aliphatic carbocycles. The molecule has 0 bridgehead atoms. The lowest BCUT2D eigenvalue weighted by Crippen LogP contribution is -2.50. The molecule has 0 N–H and O–H groups in total. The van der Waals surface area contributed by atoms with E-state index in [2.05, 4.69) is 24.1 Å². The fraction of sp³-hybridized carbons (Fsp3) is 0.364. The van der Waals surface area contributed by atoms with Gasteiger partial charge in [0.15, 0.2) is 12.4 Å². The highest BCUT2D eigenvalue weighted by Gasteiger charge is 2.30. The Morgan fingerprint density at radius 2 is 1.74 bits per heavy atom. The van der Waals surface area contributed by atoms with Crippen molar-refractivity contribution in [3.8, 4) is 5.75 Å². The Morgan fingerprint density at radius 3 is 2.41 bits per heavy atom. The smallest absolute Gasteiger partial charge is 0.261 e. The van der Waals surface area contributed by atoms with Gasteiger partial charge in [0, 0.05) is 31.6 Å². The first kappa shape index (κ1) is 19.1. The Balaban J connectivity index is 1.64. The number of carbonyl (C=O) groups excluding carboxylic acids is 2. The number of Topliss-reactive ketones (excluding diaryl/α,β-unsaturated/α-hetero) is 1. The molecule has 2 aromatic rings. The van der Waals surface area contributed by atoms with E-state index in [4.69, 9.17) is 4.74 Å². The summed E-state index contributed by atoms with van der Waals surface area (Å²) in [6.07, 6.45) is 0.475. The lowest BCUT2D eigenvalue weighted by atomic mass is 10.0. The van der Waals surface area contributed by atoms with E-state index < -0.39 is 0 Å². The third-order valence-corrected chi connectivity index (χ3v) is 4.95. The number of hydrogen-bond acceptors (Lipinski definition) is 4. The number of carbonyl (C=O) groups is 2. The number of nitrogens with zero attached hydrogens (tertiary/aromatic N) is 2. The molecule has 1 saturated heterocycles. The van der Waals surface area contributed by atoms with Crippen LogP contribution in [0.15, 0.2) is 54.6 Å². The van der Waals surface area contributed by atoms with Crippen molar-refractivity contribution < 1.29 is 14.3 Å². The minimum atomic E-state index is -0.0225. The van der Waals surface area contributed by atoms with Crippen LogP contribution in [0.5, 0.6) is 5.75 Å². The molecule has 3 rings (SSSR count). The van der Waals surface area contributed by atoms with Crippen molar-refractivity contribution in [2.45, 2.75) is 19.4 Å². The van der Waals surface area contributed by atoms with Crippen molar-refractivity contribution in [1.82, 2.24) is 9.80 Å². The Kier molecular flexibility index (Phi) is 6.24. The van der Waals surface area contributed by atoms with Gasteiger partial charge < -0.3 is 14.5 Å². The van der Waals surface area contributed by atoms with Crippen LogP contribution < -0.4 is 4.74 Å². The maximum absolute atomic E-state index is 12.8. The molecule has 1 amide bonds. The lowest BCUT2D eigenvalue weighted by molar-refractivity contribution is -0.138. The summed E-state index contributed by atoms with van der Waals surface area (Å²) in [7, 11) is 2.08. The van der Waals surface area contributed by atoms with Crippen LogP contribution in [0.4, 0.5) is 0 Å². The average Bonchev–Trinajstić information content (AvgIpc) is 2.72. The van der Waals surface area contributed by atoms with Gasteiger partial charge in [-0.1, -0.05) is 37.3 Å². The zero-order chi connectivity index (χ0) is 19.2. The molecule has 0 aromatic heterocycles. The van der Waals surface area contributed by atoms with Gasteiger partial charge in [0.05, 0.1) is 6.04 Å². The van der Waals surface area contributed by atoms with Gasteiger partial charge in [-0.2, -0.15) is 0 Å². The van der Waals surface area contributed by atoms with Crippen molar-refractivity contribution in [1.29, 1.82) is 0 Å². The summed E-state index contributed by atoms with van der Waals surface area (Å²) in [6.45, 7) is 4.17. The second-order valence-electron chi connectivity index (χ2n) is 6.87. The zero-order valence-corrected chi connectivity index (χ0v) is 15.9. The maximum Gasteiger partial charge on any atom is 0.261 e. The summed E-state index contributed by atoms with van der Waals surface area (Å²) in [6, 6.07) is 17.1. The fourth-order valence-corrected chi connectivity index (χ4v) is 3.35. The van der Waals surface area contributed by atoms with E-state index in [-0.39, 0.29) is 24.3 Å². The molecule has 0 unspecified atom stereocenters. The molecule has 1 fully saturated rings. The zero-order valence-electron chi connectivity index (χ0n) is 15.9. The standard InChI is InChI=1S/C22H26N2O3/c1-3-21(25)18-9-11-19(12-10-18)27-16-22(26)24-14-13-23(2)15-20(24)17-7-5-4-6-8-17/h4-12,20H,3,13-16H2,1-2H3/t20-/m1/s1. The average molecular weight is 366 g/mol. The highest BCUT2D eigenvalue weighted by atomic mass is 16.5. The first-order chi connectivity index (χ1) is 13.1. The van der Waals surface area contributed by atoms with Crippen LogP contribution in [-0.4, -0.2) is 54.8 Å². The van der Waals surface area contributed by atoms with Crippen molar-refractivity contribution >= 4 is 11.7 Å². The highest BCUT2D eigenvalue weighted by Crippen LogP contribution is 2.25. The van der Waals surface area contributed by atoms with Crippen LogP contribution in [0, 0.1) is 0 Å². The van der Waals surface area contributed by atoms with Crippen molar-refractivity contribution in [3.63, 3.8) is 0 Å². The minimum absolute atomic E-state index is 0.00583. The first-order valence-corrected chi connectivity index (χ1v) is 9.37. The van der Waals surface area contributed by atoms with Crippen molar-refractivity contribution in [2.75, 3.05) is 33.3 Å². The Labute approximate surface area is 160 Å². The second-order valence-corrected chi connectivity index (χ2v) is 6.87. The summed E-state index contributed by atoms with van der Waals surface area (Å²) < 4.78 is 5.68. The molecule has 1 heterocycles. The van der Waals surface area contributed by atoms with Crippen molar-refractivity contribution in [2.24, 2.45) is 0 Å². The summed E-state index contributed by atoms with van der Waals surface area (Å²) >= 11 is 0. The van der Waals surface area contributed by atoms with Gasteiger partial charge in [-0.05, 0) is 36.9 Å². The van der Waals surface area contributed by atoms with Gasteiger partial charge in [-0.3, -0.25) is 9.59 Å². The normalized spacial score (nSPS) is 17.6. The molecule has 142 valence electrons. The maximum atomic E-state index is 12.8. The third kappa shape index (κ3) is 4.74. The van der Waals surface area contributed by atoms with Gasteiger partial charge in [-0.15, -0.1) is 0 Å². The molecule has 0 radical (unpaired) electrons. The summed E-state index contributed by atoms with van der Waals surface area (Å²) in [5, 5.41) is 0. The molecular formula is C22H26N2O3. The number of ether oxygens (including phenoxy) is 1. The van der Waals surface area contributed by atoms with E-state index >= 15 is 0 Å². The lowest BCUT2D eigenvalue weighted by Gasteiger charge is -2.40. The summed E-state index contributed by atoms with van der Waals surface area (Å²) in [5.74, 6) is 0.674. The predicted molar refractivity (Wildman–Crippen MR) is 105 cm³/mol. The number of ketones is 1. The van der Waals surface area contributed by atoms with Crippen LogP contribution >= 0.6 is 0 Å². The molecule has 1 atom stereocenters.